The number of nitrogens with zero attached hydrogens (tertiary/aromatic N) is 1. The highest BCUT2D eigenvalue weighted by Gasteiger charge is 2.29. The molecule has 0 aliphatic carbocycles. The third-order valence-corrected chi connectivity index (χ3v) is 4.81. The van der Waals surface area contributed by atoms with Crippen LogP contribution < -0.4 is 10.1 Å². The van der Waals surface area contributed by atoms with Gasteiger partial charge in [0.1, 0.15) is 11.8 Å². The Morgan fingerprint density at radius 2 is 1.67 bits per heavy atom. The molecule has 0 spiro atoms. The van der Waals surface area contributed by atoms with Crippen LogP contribution in [0.25, 0.3) is 0 Å². The Balaban J connectivity index is 2.23. The van der Waals surface area contributed by atoms with Gasteiger partial charge in [0.05, 0.1) is 0 Å². The lowest BCUT2D eigenvalue weighted by Gasteiger charge is -2.31. The molecule has 0 heterocycles. The van der Waals surface area contributed by atoms with E-state index in [4.69, 9.17) is 4.74 Å². The molecule has 0 aliphatic rings. The predicted molar refractivity (Wildman–Crippen MR) is 120 cm³/mol. The van der Waals surface area contributed by atoms with Crippen molar-refractivity contribution in [3.05, 3.63) is 64.7 Å². The Labute approximate surface area is 180 Å². The van der Waals surface area contributed by atoms with E-state index in [2.05, 4.69) is 11.4 Å². The van der Waals surface area contributed by atoms with Gasteiger partial charge in [-0.3, -0.25) is 9.59 Å². The molecule has 0 radical (unpaired) electrons. The zero-order valence-corrected chi connectivity index (χ0v) is 19.0. The van der Waals surface area contributed by atoms with Gasteiger partial charge in [-0.2, -0.15) is 0 Å². The summed E-state index contributed by atoms with van der Waals surface area (Å²) in [5, 5.41) is 2.94. The number of aryl methyl sites for hydroxylation is 3. The smallest absolute Gasteiger partial charge is 0.261 e. The van der Waals surface area contributed by atoms with Crippen LogP contribution in [-0.4, -0.2) is 35.4 Å². The van der Waals surface area contributed by atoms with E-state index >= 15 is 0 Å². The Morgan fingerprint density at radius 1 is 1.00 bits per heavy atom. The molecule has 0 saturated heterocycles. The van der Waals surface area contributed by atoms with Gasteiger partial charge >= 0.3 is 0 Å². The first-order valence-electron chi connectivity index (χ1n) is 10.6. The third kappa shape index (κ3) is 6.90. The average molecular weight is 411 g/mol. The molecule has 0 aliphatic heterocycles. The first-order chi connectivity index (χ1) is 14.2. The first kappa shape index (κ1) is 23.5. The summed E-state index contributed by atoms with van der Waals surface area (Å²) in [4.78, 5) is 27.6. The number of nitrogens with one attached hydrogen (secondary N) is 1. The van der Waals surface area contributed by atoms with Gasteiger partial charge in [0.2, 0.25) is 5.91 Å². The molecule has 1 atom stereocenters. The fraction of sp³-hybridized carbons (Fsp3) is 0.440. The Bertz CT molecular complexity index is 856. The van der Waals surface area contributed by atoms with E-state index in [9.17, 15) is 9.59 Å². The van der Waals surface area contributed by atoms with Crippen molar-refractivity contribution in [3.8, 4) is 5.75 Å². The Morgan fingerprint density at radius 3 is 2.23 bits per heavy atom. The predicted octanol–water partition coefficient (Wildman–Crippen LogP) is 4.32. The highest BCUT2D eigenvalue weighted by Crippen LogP contribution is 2.18. The van der Waals surface area contributed by atoms with E-state index in [0.29, 0.717) is 18.7 Å². The third-order valence-electron chi connectivity index (χ3n) is 4.81. The van der Waals surface area contributed by atoms with Gasteiger partial charge < -0.3 is 15.0 Å². The second-order valence-electron chi connectivity index (χ2n) is 8.21. The summed E-state index contributed by atoms with van der Waals surface area (Å²) in [5.41, 5.74) is 4.27. The molecule has 1 N–H and O–H groups in total. The van der Waals surface area contributed by atoms with Crippen LogP contribution in [0.4, 0.5) is 0 Å². The molecule has 5 heteroatoms. The van der Waals surface area contributed by atoms with Crippen molar-refractivity contribution in [1.29, 1.82) is 0 Å². The van der Waals surface area contributed by atoms with Gasteiger partial charge in [-0.15, -0.1) is 0 Å². The number of carbonyl (C=O) groups is 2. The van der Waals surface area contributed by atoms with Crippen LogP contribution in [0.3, 0.4) is 0 Å². The zero-order valence-electron chi connectivity index (χ0n) is 19.0. The van der Waals surface area contributed by atoms with Gasteiger partial charge in [-0.05, 0) is 69.9 Å². The van der Waals surface area contributed by atoms with Crippen molar-refractivity contribution in [2.24, 2.45) is 0 Å². The average Bonchev–Trinajstić information content (AvgIpc) is 2.64. The second-order valence-corrected chi connectivity index (χ2v) is 8.21. The van der Waals surface area contributed by atoms with E-state index in [0.717, 1.165) is 22.3 Å². The molecule has 5 nitrogen and oxygen atoms in total. The molecule has 2 amide bonds. The van der Waals surface area contributed by atoms with E-state index in [1.165, 1.54) is 0 Å². The van der Waals surface area contributed by atoms with Crippen LogP contribution >= 0.6 is 0 Å². The van der Waals surface area contributed by atoms with Crippen LogP contribution in [-0.2, 0) is 16.1 Å². The summed E-state index contributed by atoms with van der Waals surface area (Å²) >= 11 is 0. The summed E-state index contributed by atoms with van der Waals surface area (Å²) in [6, 6.07) is 13.3. The number of rotatable bonds is 9. The molecule has 2 aromatic rings. The van der Waals surface area contributed by atoms with Gasteiger partial charge in [0.15, 0.2) is 6.61 Å². The summed E-state index contributed by atoms with van der Waals surface area (Å²) in [6.07, 6.45) is 0.527. The Kier molecular flexibility index (Phi) is 8.46. The molecular formula is C25H34N2O3. The van der Waals surface area contributed by atoms with Crippen molar-refractivity contribution < 1.29 is 14.3 Å². The summed E-state index contributed by atoms with van der Waals surface area (Å²) < 4.78 is 5.80. The molecule has 0 aromatic heterocycles. The maximum Gasteiger partial charge on any atom is 0.261 e. The molecule has 30 heavy (non-hydrogen) atoms. The lowest BCUT2D eigenvalue weighted by molar-refractivity contribution is -0.143. The van der Waals surface area contributed by atoms with Crippen molar-refractivity contribution in [1.82, 2.24) is 10.2 Å². The molecule has 0 unspecified atom stereocenters. The Hall–Kier alpha value is -2.82. The lowest BCUT2D eigenvalue weighted by atomic mass is 10.1. The van der Waals surface area contributed by atoms with E-state index in [-0.39, 0.29) is 24.5 Å². The number of hydrogen-bond donors (Lipinski definition) is 1. The van der Waals surface area contributed by atoms with Crippen LogP contribution in [0.15, 0.2) is 42.5 Å². The van der Waals surface area contributed by atoms with Crippen molar-refractivity contribution >= 4 is 11.8 Å². The normalized spacial score (nSPS) is 11.8. The largest absolute Gasteiger partial charge is 0.484 e. The molecule has 2 aromatic carbocycles. The highest BCUT2D eigenvalue weighted by molar-refractivity contribution is 5.88. The van der Waals surface area contributed by atoms with Crippen LogP contribution in [0.5, 0.6) is 5.75 Å². The lowest BCUT2D eigenvalue weighted by Crippen LogP contribution is -2.51. The topological polar surface area (TPSA) is 58.6 Å². The molecule has 2 rings (SSSR count). The van der Waals surface area contributed by atoms with Crippen molar-refractivity contribution in [2.75, 3.05) is 6.61 Å². The summed E-state index contributed by atoms with van der Waals surface area (Å²) in [5.74, 6) is 0.317. The van der Waals surface area contributed by atoms with E-state index < -0.39 is 6.04 Å². The minimum absolute atomic E-state index is 0.00832. The van der Waals surface area contributed by atoms with Crippen molar-refractivity contribution in [2.45, 2.75) is 66.6 Å². The maximum absolute atomic E-state index is 13.2. The number of ether oxygens (including phenoxy) is 1. The van der Waals surface area contributed by atoms with E-state index in [1.807, 2.05) is 77.9 Å². The van der Waals surface area contributed by atoms with Crippen LogP contribution in [0, 0.1) is 20.8 Å². The summed E-state index contributed by atoms with van der Waals surface area (Å²) in [6.45, 7) is 12.0. The molecule has 0 bridgehead atoms. The SMILES string of the molecule is CC[C@H](C(=O)NC(C)C)N(Cc1cccc(C)c1)C(=O)COc1cc(C)cc(C)c1. The highest BCUT2D eigenvalue weighted by atomic mass is 16.5. The fourth-order valence-electron chi connectivity index (χ4n) is 3.55. The fourth-order valence-corrected chi connectivity index (χ4v) is 3.55. The van der Waals surface area contributed by atoms with Crippen LogP contribution in [0.1, 0.15) is 49.4 Å². The monoisotopic (exact) mass is 410 g/mol. The van der Waals surface area contributed by atoms with E-state index in [1.54, 1.807) is 4.90 Å². The van der Waals surface area contributed by atoms with Crippen molar-refractivity contribution in [3.63, 3.8) is 0 Å². The number of amides is 2. The minimum Gasteiger partial charge on any atom is -0.484 e. The zero-order chi connectivity index (χ0) is 22.3. The summed E-state index contributed by atoms with van der Waals surface area (Å²) in [7, 11) is 0. The number of benzene rings is 2. The van der Waals surface area contributed by atoms with Gasteiger partial charge in [-0.25, -0.2) is 0 Å². The standard InChI is InChI=1S/C25H34N2O3/c1-7-23(25(29)26-17(2)3)27(15-21-10-8-9-18(4)12-21)24(28)16-30-22-13-19(5)11-20(6)14-22/h8-14,17,23H,7,15-16H2,1-6H3,(H,26,29)/t23-/m1/s1. The quantitative estimate of drug-likeness (QED) is 0.670. The first-order valence-corrected chi connectivity index (χ1v) is 10.6. The molecule has 0 fully saturated rings. The number of carbonyl (C=O) groups excluding carboxylic acids is 2. The number of hydrogen-bond acceptors (Lipinski definition) is 3. The molecular weight excluding hydrogens is 376 g/mol. The van der Waals surface area contributed by atoms with Gasteiger partial charge in [0.25, 0.3) is 5.91 Å². The maximum atomic E-state index is 13.2. The second kappa shape index (κ2) is 10.8. The minimum atomic E-state index is -0.553. The molecule has 0 saturated carbocycles. The molecule has 162 valence electrons. The van der Waals surface area contributed by atoms with Crippen LogP contribution in [0.2, 0.25) is 0 Å². The van der Waals surface area contributed by atoms with Gasteiger partial charge in [-0.1, -0.05) is 42.8 Å². The van der Waals surface area contributed by atoms with Gasteiger partial charge in [0, 0.05) is 12.6 Å².